The van der Waals surface area contributed by atoms with Crippen LogP contribution < -0.4 is 0 Å². The number of hydrogen-bond acceptors (Lipinski definition) is 2. The fourth-order valence-electron chi connectivity index (χ4n) is 2.41. The van der Waals surface area contributed by atoms with Crippen LogP contribution in [0.25, 0.3) is 5.57 Å². The lowest BCUT2D eigenvalue weighted by Gasteiger charge is -2.10. The van der Waals surface area contributed by atoms with Gasteiger partial charge in [0.15, 0.2) is 5.78 Å². The van der Waals surface area contributed by atoms with Crippen LogP contribution in [-0.2, 0) is 6.42 Å². The highest BCUT2D eigenvalue weighted by Crippen LogP contribution is 2.36. The third kappa shape index (κ3) is 2.32. The monoisotopic (exact) mass is 246 g/mol. The van der Waals surface area contributed by atoms with Gasteiger partial charge in [0.2, 0.25) is 0 Å². The van der Waals surface area contributed by atoms with Crippen LogP contribution in [0.2, 0.25) is 0 Å². The lowest BCUT2D eigenvalue weighted by molar-refractivity contribution is 0.0976. The number of fused-ring (bicyclic) bond motifs is 1. The van der Waals surface area contributed by atoms with Crippen LogP contribution in [0.4, 0.5) is 0 Å². The van der Waals surface area contributed by atoms with Crippen LogP contribution in [0.15, 0.2) is 23.6 Å². The average Bonchev–Trinajstić information content (AvgIpc) is 2.68. The van der Waals surface area contributed by atoms with Crippen molar-refractivity contribution in [2.45, 2.75) is 43.9 Å². The molecule has 0 unspecified atom stereocenters. The molecule has 1 aromatic carbocycles. The van der Waals surface area contributed by atoms with Crippen LogP contribution in [0, 0.1) is 0 Å². The van der Waals surface area contributed by atoms with Crippen molar-refractivity contribution in [1.82, 2.24) is 0 Å². The second-order valence-electron chi connectivity index (χ2n) is 4.62. The zero-order valence-corrected chi connectivity index (χ0v) is 11.1. The van der Waals surface area contributed by atoms with Crippen molar-refractivity contribution in [2.75, 3.05) is 0 Å². The summed E-state index contributed by atoms with van der Waals surface area (Å²) >= 11 is 4.44. The molecule has 1 aromatic rings. The lowest BCUT2D eigenvalue weighted by atomic mass is 9.96. The predicted molar refractivity (Wildman–Crippen MR) is 74.9 cm³/mol. The number of hydrogen-bond donors (Lipinski definition) is 1. The zero-order chi connectivity index (χ0) is 12.4. The number of thiol groups is 1. The van der Waals surface area contributed by atoms with E-state index in [9.17, 15) is 4.79 Å². The molecule has 0 fully saturated rings. The number of Topliss-reactive ketones (excluding diaryl/α,β-unsaturated/α-hetero) is 1. The Morgan fingerprint density at radius 1 is 1.41 bits per heavy atom. The first-order valence-corrected chi connectivity index (χ1v) is 6.66. The fourth-order valence-corrected chi connectivity index (χ4v) is 2.74. The van der Waals surface area contributed by atoms with Crippen LogP contribution in [0.5, 0.6) is 0 Å². The minimum absolute atomic E-state index is 0.239. The molecule has 0 N–H and O–H groups in total. The van der Waals surface area contributed by atoms with Gasteiger partial charge in [0.25, 0.3) is 0 Å². The second kappa shape index (κ2) is 5.09. The zero-order valence-electron chi connectivity index (χ0n) is 10.3. The molecule has 0 saturated carbocycles. The first-order chi connectivity index (χ1) is 8.15. The molecule has 0 aromatic heterocycles. The SMILES string of the molecule is C=C1CCc2c1ccc(S)c2C(=O)CCCC. The van der Waals surface area contributed by atoms with Gasteiger partial charge in [0, 0.05) is 16.9 Å². The van der Waals surface area contributed by atoms with Crippen molar-refractivity contribution in [3.8, 4) is 0 Å². The number of allylic oxidation sites excluding steroid dienone is 1. The van der Waals surface area contributed by atoms with Gasteiger partial charge in [-0.05, 0) is 42.0 Å². The normalized spacial score (nSPS) is 13.9. The Kier molecular flexibility index (Phi) is 3.72. The van der Waals surface area contributed by atoms with E-state index in [-0.39, 0.29) is 5.78 Å². The number of unbranched alkanes of at least 4 members (excludes halogenated alkanes) is 1. The smallest absolute Gasteiger partial charge is 0.164 e. The van der Waals surface area contributed by atoms with Gasteiger partial charge < -0.3 is 0 Å². The average molecular weight is 246 g/mol. The summed E-state index contributed by atoms with van der Waals surface area (Å²) in [6.07, 6.45) is 4.55. The standard InChI is InChI=1S/C15H18OS/c1-3-4-5-13(16)15-12-7-6-10(2)11(12)8-9-14(15)17/h8-9,17H,2-7H2,1H3. The van der Waals surface area contributed by atoms with Crippen LogP contribution in [-0.4, -0.2) is 5.78 Å². The van der Waals surface area contributed by atoms with E-state index < -0.39 is 0 Å². The quantitative estimate of drug-likeness (QED) is 0.619. The Bertz CT molecular complexity index is 474. The topological polar surface area (TPSA) is 17.1 Å². The maximum Gasteiger partial charge on any atom is 0.164 e. The highest BCUT2D eigenvalue weighted by molar-refractivity contribution is 7.80. The molecule has 2 heteroatoms. The van der Waals surface area contributed by atoms with E-state index in [2.05, 4.69) is 26.1 Å². The number of carbonyl (C=O) groups excluding carboxylic acids is 1. The summed E-state index contributed by atoms with van der Waals surface area (Å²) in [5.74, 6) is 0.239. The molecule has 1 aliphatic carbocycles. The Hall–Kier alpha value is -1.02. The largest absolute Gasteiger partial charge is 0.294 e. The van der Waals surface area contributed by atoms with Crippen molar-refractivity contribution in [3.05, 3.63) is 35.4 Å². The number of ketones is 1. The Morgan fingerprint density at radius 2 is 2.18 bits per heavy atom. The van der Waals surface area contributed by atoms with E-state index in [1.165, 1.54) is 11.1 Å². The predicted octanol–water partition coefficient (Wildman–Crippen LogP) is 4.31. The van der Waals surface area contributed by atoms with Gasteiger partial charge in [-0.25, -0.2) is 0 Å². The van der Waals surface area contributed by atoms with Gasteiger partial charge >= 0.3 is 0 Å². The van der Waals surface area contributed by atoms with Crippen molar-refractivity contribution in [1.29, 1.82) is 0 Å². The lowest BCUT2D eigenvalue weighted by Crippen LogP contribution is -2.05. The minimum atomic E-state index is 0.239. The number of rotatable bonds is 4. The van der Waals surface area contributed by atoms with Gasteiger partial charge in [-0.1, -0.05) is 26.0 Å². The fraction of sp³-hybridized carbons (Fsp3) is 0.400. The van der Waals surface area contributed by atoms with E-state index in [1.807, 2.05) is 12.1 Å². The van der Waals surface area contributed by atoms with Crippen LogP contribution >= 0.6 is 12.6 Å². The summed E-state index contributed by atoms with van der Waals surface area (Å²) in [7, 11) is 0. The molecule has 0 radical (unpaired) electrons. The minimum Gasteiger partial charge on any atom is -0.294 e. The number of carbonyl (C=O) groups is 1. The van der Waals surface area contributed by atoms with Gasteiger partial charge in [-0.15, -0.1) is 12.6 Å². The van der Waals surface area contributed by atoms with Gasteiger partial charge in [0.1, 0.15) is 0 Å². The summed E-state index contributed by atoms with van der Waals surface area (Å²) < 4.78 is 0. The maximum absolute atomic E-state index is 12.2. The molecular formula is C15H18OS. The van der Waals surface area contributed by atoms with Gasteiger partial charge in [-0.3, -0.25) is 4.79 Å². The third-order valence-electron chi connectivity index (χ3n) is 3.38. The molecule has 0 heterocycles. The molecular weight excluding hydrogens is 228 g/mol. The molecule has 0 spiro atoms. The number of benzene rings is 1. The molecule has 0 aliphatic heterocycles. The van der Waals surface area contributed by atoms with Crippen molar-refractivity contribution in [2.24, 2.45) is 0 Å². The van der Waals surface area contributed by atoms with Crippen LogP contribution in [0.3, 0.4) is 0 Å². The van der Waals surface area contributed by atoms with E-state index in [0.717, 1.165) is 41.7 Å². The van der Waals surface area contributed by atoms with E-state index in [1.54, 1.807) is 0 Å². The van der Waals surface area contributed by atoms with E-state index >= 15 is 0 Å². The maximum atomic E-state index is 12.2. The van der Waals surface area contributed by atoms with Crippen molar-refractivity contribution in [3.63, 3.8) is 0 Å². The molecule has 17 heavy (non-hydrogen) atoms. The Balaban J connectivity index is 2.40. The first-order valence-electron chi connectivity index (χ1n) is 6.21. The summed E-state index contributed by atoms with van der Waals surface area (Å²) in [6, 6.07) is 3.97. The van der Waals surface area contributed by atoms with E-state index in [0.29, 0.717) is 6.42 Å². The van der Waals surface area contributed by atoms with E-state index in [4.69, 9.17) is 0 Å². The Morgan fingerprint density at radius 3 is 2.88 bits per heavy atom. The second-order valence-corrected chi connectivity index (χ2v) is 5.10. The highest BCUT2D eigenvalue weighted by atomic mass is 32.1. The highest BCUT2D eigenvalue weighted by Gasteiger charge is 2.22. The van der Waals surface area contributed by atoms with Crippen LogP contribution in [0.1, 0.15) is 54.1 Å². The van der Waals surface area contributed by atoms with Gasteiger partial charge in [-0.2, -0.15) is 0 Å². The summed E-state index contributed by atoms with van der Waals surface area (Å²) in [6.45, 7) is 6.15. The summed E-state index contributed by atoms with van der Waals surface area (Å²) in [4.78, 5) is 13.0. The van der Waals surface area contributed by atoms with Crippen molar-refractivity contribution >= 4 is 24.0 Å². The summed E-state index contributed by atoms with van der Waals surface area (Å²) in [5.41, 5.74) is 4.34. The first kappa shape index (κ1) is 12.4. The third-order valence-corrected chi connectivity index (χ3v) is 3.76. The molecule has 1 nitrogen and oxygen atoms in total. The summed E-state index contributed by atoms with van der Waals surface area (Å²) in [5, 5.41) is 0. The molecule has 0 amide bonds. The molecule has 2 rings (SSSR count). The molecule has 1 aliphatic rings. The molecule has 0 atom stereocenters. The Labute approximate surface area is 108 Å². The van der Waals surface area contributed by atoms with Crippen molar-refractivity contribution < 1.29 is 4.79 Å². The molecule has 0 bridgehead atoms. The molecule has 90 valence electrons. The van der Waals surface area contributed by atoms with Gasteiger partial charge in [0.05, 0.1) is 0 Å². The molecule has 0 saturated heterocycles.